The molecule has 0 radical (unpaired) electrons. The summed E-state index contributed by atoms with van der Waals surface area (Å²) < 4.78 is 14.3. The zero-order valence-corrected chi connectivity index (χ0v) is 9.31. The molecule has 0 saturated heterocycles. The SMILES string of the molecule is Cc1cnc(F)cc1-n1c(C)nc(O)cc1=O. The first kappa shape index (κ1) is 11.3. The molecule has 0 aliphatic rings. The standard InChI is InChI=1S/C11H10FN3O2/c1-6-5-13-9(12)3-8(6)15-7(2)14-10(16)4-11(15)17/h3-5,16H,1-2H3. The monoisotopic (exact) mass is 235 g/mol. The van der Waals surface area contributed by atoms with E-state index < -0.39 is 11.5 Å². The summed E-state index contributed by atoms with van der Waals surface area (Å²) in [5.41, 5.74) is 0.542. The van der Waals surface area contributed by atoms with E-state index in [0.29, 0.717) is 11.3 Å². The van der Waals surface area contributed by atoms with E-state index in [1.165, 1.54) is 10.8 Å². The van der Waals surface area contributed by atoms with Crippen molar-refractivity contribution in [3.8, 4) is 11.6 Å². The number of pyridine rings is 1. The van der Waals surface area contributed by atoms with E-state index in [-0.39, 0.29) is 11.7 Å². The highest BCUT2D eigenvalue weighted by Gasteiger charge is 2.10. The van der Waals surface area contributed by atoms with E-state index in [1.54, 1.807) is 13.8 Å². The van der Waals surface area contributed by atoms with Crippen LogP contribution in [0.5, 0.6) is 5.88 Å². The van der Waals surface area contributed by atoms with E-state index in [9.17, 15) is 14.3 Å². The predicted molar refractivity (Wildman–Crippen MR) is 58.7 cm³/mol. The molecule has 88 valence electrons. The molecule has 6 heteroatoms. The number of aromatic hydroxyl groups is 1. The molecule has 0 aliphatic heterocycles. The highest BCUT2D eigenvalue weighted by atomic mass is 19.1. The van der Waals surface area contributed by atoms with Gasteiger partial charge < -0.3 is 5.11 Å². The topological polar surface area (TPSA) is 68.0 Å². The summed E-state index contributed by atoms with van der Waals surface area (Å²) in [6.07, 6.45) is 1.34. The third-order valence-electron chi connectivity index (χ3n) is 2.36. The van der Waals surface area contributed by atoms with Crippen molar-refractivity contribution in [2.24, 2.45) is 0 Å². The smallest absolute Gasteiger partial charge is 0.261 e. The van der Waals surface area contributed by atoms with Gasteiger partial charge in [0.2, 0.25) is 11.8 Å². The lowest BCUT2D eigenvalue weighted by Gasteiger charge is -2.11. The zero-order chi connectivity index (χ0) is 12.6. The van der Waals surface area contributed by atoms with Gasteiger partial charge in [-0.15, -0.1) is 0 Å². The maximum Gasteiger partial charge on any atom is 0.261 e. The predicted octanol–water partition coefficient (Wildman–Crippen LogP) is 1.09. The van der Waals surface area contributed by atoms with Gasteiger partial charge in [-0.05, 0) is 19.4 Å². The molecule has 0 amide bonds. The van der Waals surface area contributed by atoms with Crippen molar-refractivity contribution in [2.45, 2.75) is 13.8 Å². The normalized spacial score (nSPS) is 10.5. The van der Waals surface area contributed by atoms with E-state index >= 15 is 0 Å². The Hall–Kier alpha value is -2.24. The fourth-order valence-corrected chi connectivity index (χ4v) is 1.60. The third-order valence-corrected chi connectivity index (χ3v) is 2.36. The van der Waals surface area contributed by atoms with Gasteiger partial charge in [-0.25, -0.2) is 9.97 Å². The maximum absolute atomic E-state index is 13.1. The highest BCUT2D eigenvalue weighted by molar-refractivity contribution is 5.39. The number of nitrogens with zero attached hydrogens (tertiary/aromatic N) is 3. The van der Waals surface area contributed by atoms with Gasteiger partial charge in [0.05, 0.1) is 11.8 Å². The van der Waals surface area contributed by atoms with Gasteiger partial charge in [0.1, 0.15) is 5.82 Å². The lowest BCUT2D eigenvalue weighted by Crippen LogP contribution is -2.21. The van der Waals surface area contributed by atoms with Gasteiger partial charge in [-0.2, -0.15) is 4.39 Å². The van der Waals surface area contributed by atoms with Crippen LogP contribution in [0.3, 0.4) is 0 Å². The summed E-state index contributed by atoms with van der Waals surface area (Å²) in [7, 11) is 0. The van der Waals surface area contributed by atoms with Gasteiger partial charge in [0.15, 0.2) is 0 Å². The molecule has 0 bridgehead atoms. The molecule has 2 aromatic rings. The molecular weight excluding hydrogens is 225 g/mol. The zero-order valence-electron chi connectivity index (χ0n) is 9.31. The van der Waals surface area contributed by atoms with Crippen LogP contribution in [0.25, 0.3) is 5.69 Å². The molecule has 0 fully saturated rings. The average molecular weight is 235 g/mol. The van der Waals surface area contributed by atoms with Gasteiger partial charge in [-0.3, -0.25) is 9.36 Å². The van der Waals surface area contributed by atoms with Crippen LogP contribution in [0.1, 0.15) is 11.4 Å². The van der Waals surface area contributed by atoms with Crippen molar-refractivity contribution < 1.29 is 9.50 Å². The molecule has 0 spiro atoms. The highest BCUT2D eigenvalue weighted by Crippen LogP contribution is 2.14. The van der Waals surface area contributed by atoms with Crippen molar-refractivity contribution in [3.05, 3.63) is 46.0 Å². The van der Waals surface area contributed by atoms with Crippen molar-refractivity contribution in [3.63, 3.8) is 0 Å². The van der Waals surface area contributed by atoms with Crippen LogP contribution in [0.15, 0.2) is 23.1 Å². The number of hydrogen-bond donors (Lipinski definition) is 1. The summed E-state index contributed by atoms with van der Waals surface area (Å²) in [6, 6.07) is 2.13. The van der Waals surface area contributed by atoms with Crippen LogP contribution in [0.2, 0.25) is 0 Å². The third kappa shape index (κ3) is 2.01. The number of aryl methyl sites for hydroxylation is 2. The molecule has 2 rings (SSSR count). The Bertz CT molecular complexity index is 637. The molecule has 0 atom stereocenters. The van der Waals surface area contributed by atoms with Gasteiger partial charge in [0.25, 0.3) is 5.56 Å². The van der Waals surface area contributed by atoms with Gasteiger partial charge >= 0.3 is 0 Å². The van der Waals surface area contributed by atoms with E-state index in [4.69, 9.17) is 0 Å². The summed E-state index contributed by atoms with van der Waals surface area (Å²) in [6.45, 7) is 3.26. The fraction of sp³-hybridized carbons (Fsp3) is 0.182. The van der Waals surface area contributed by atoms with Gasteiger partial charge in [-0.1, -0.05) is 0 Å². The summed E-state index contributed by atoms with van der Waals surface area (Å²) in [5.74, 6) is -0.746. The second-order valence-electron chi connectivity index (χ2n) is 3.63. The van der Waals surface area contributed by atoms with Crippen molar-refractivity contribution in [1.29, 1.82) is 0 Å². The van der Waals surface area contributed by atoms with E-state index in [1.807, 2.05) is 0 Å². The van der Waals surface area contributed by atoms with Crippen LogP contribution in [-0.2, 0) is 0 Å². The van der Waals surface area contributed by atoms with Crippen molar-refractivity contribution in [1.82, 2.24) is 14.5 Å². The molecule has 1 N–H and O–H groups in total. The molecule has 2 heterocycles. The quantitative estimate of drug-likeness (QED) is 0.751. The van der Waals surface area contributed by atoms with Crippen LogP contribution in [-0.4, -0.2) is 19.6 Å². The number of halogens is 1. The molecule has 0 aliphatic carbocycles. The Labute approximate surface area is 96.2 Å². The minimum absolute atomic E-state index is 0.281. The Morgan fingerprint density at radius 1 is 1.35 bits per heavy atom. The van der Waals surface area contributed by atoms with Crippen molar-refractivity contribution in [2.75, 3.05) is 0 Å². The Morgan fingerprint density at radius 3 is 2.71 bits per heavy atom. The second-order valence-corrected chi connectivity index (χ2v) is 3.63. The average Bonchev–Trinajstić information content (AvgIpc) is 2.21. The molecule has 2 aromatic heterocycles. The van der Waals surface area contributed by atoms with Gasteiger partial charge in [0, 0.05) is 12.3 Å². The molecule has 17 heavy (non-hydrogen) atoms. The maximum atomic E-state index is 13.1. The minimum Gasteiger partial charge on any atom is -0.493 e. The molecule has 0 aromatic carbocycles. The lowest BCUT2D eigenvalue weighted by atomic mass is 10.2. The lowest BCUT2D eigenvalue weighted by molar-refractivity contribution is 0.447. The summed E-state index contributed by atoms with van der Waals surface area (Å²) in [5, 5.41) is 9.18. The van der Waals surface area contributed by atoms with Crippen molar-refractivity contribution >= 4 is 0 Å². The summed E-state index contributed by atoms with van der Waals surface area (Å²) in [4.78, 5) is 19.0. The minimum atomic E-state index is -0.676. The van der Waals surface area contributed by atoms with Crippen LogP contribution in [0.4, 0.5) is 4.39 Å². The number of hydrogen-bond acceptors (Lipinski definition) is 4. The Balaban J connectivity index is 2.77. The second kappa shape index (κ2) is 3.97. The van der Waals surface area contributed by atoms with Crippen LogP contribution >= 0.6 is 0 Å². The first-order valence-corrected chi connectivity index (χ1v) is 4.91. The van der Waals surface area contributed by atoms with E-state index in [0.717, 1.165) is 12.1 Å². The molecular formula is C11H10FN3O2. The molecule has 5 nitrogen and oxygen atoms in total. The Kier molecular flexibility index (Phi) is 2.63. The number of aromatic nitrogens is 3. The molecule has 0 unspecified atom stereocenters. The van der Waals surface area contributed by atoms with E-state index in [2.05, 4.69) is 9.97 Å². The first-order chi connectivity index (χ1) is 7.99. The molecule has 0 saturated carbocycles. The number of rotatable bonds is 1. The van der Waals surface area contributed by atoms with Crippen LogP contribution < -0.4 is 5.56 Å². The fourth-order valence-electron chi connectivity index (χ4n) is 1.60. The first-order valence-electron chi connectivity index (χ1n) is 4.91. The van der Waals surface area contributed by atoms with Crippen LogP contribution in [0, 0.1) is 19.8 Å². The largest absolute Gasteiger partial charge is 0.493 e. The Morgan fingerprint density at radius 2 is 2.06 bits per heavy atom. The summed E-state index contributed by atoms with van der Waals surface area (Å²) >= 11 is 0.